The molecule has 0 atom stereocenters. The number of fused-ring (bicyclic) bond motifs is 2. The molecule has 1 aromatic heterocycles. The lowest BCUT2D eigenvalue weighted by Crippen LogP contribution is -2.22. The summed E-state index contributed by atoms with van der Waals surface area (Å²) in [7, 11) is 0. The highest BCUT2D eigenvalue weighted by molar-refractivity contribution is 7.99. The van der Waals surface area contributed by atoms with E-state index < -0.39 is 5.82 Å². The van der Waals surface area contributed by atoms with Gasteiger partial charge in [0.2, 0.25) is 0 Å². The van der Waals surface area contributed by atoms with E-state index in [4.69, 9.17) is 4.74 Å². The van der Waals surface area contributed by atoms with Crippen LogP contribution < -0.4 is 10.3 Å². The van der Waals surface area contributed by atoms with E-state index in [1.165, 1.54) is 40.6 Å². The van der Waals surface area contributed by atoms with Crippen LogP contribution in [-0.4, -0.2) is 27.7 Å². The number of carbonyl (C=O) groups excluding carboxylic acids is 1. The van der Waals surface area contributed by atoms with Crippen LogP contribution in [0.15, 0.2) is 76.7 Å². The zero-order valence-corrected chi connectivity index (χ0v) is 17.2. The quantitative estimate of drug-likeness (QED) is 0.265. The summed E-state index contributed by atoms with van der Waals surface area (Å²) >= 11 is 1.19. The normalized spacial score (nSPS) is 12.5. The first-order valence-corrected chi connectivity index (χ1v) is 10.8. The van der Waals surface area contributed by atoms with Gasteiger partial charge in [0, 0.05) is 12.0 Å². The molecule has 0 spiro atoms. The fourth-order valence-corrected chi connectivity index (χ4v) is 4.51. The standard InChI is InChI=1S/C24H17FN2O3S/c25-17-6-8-18(9-7-17)27-23(29)19-3-1-2-4-20(19)26-24(27)31-14-21(28)15-5-10-22-16(13-15)11-12-30-22/h1-10,13H,11-12,14H2. The Bertz CT molecular complexity index is 1370. The highest BCUT2D eigenvalue weighted by Gasteiger charge is 2.18. The monoisotopic (exact) mass is 432 g/mol. The van der Waals surface area contributed by atoms with Crippen LogP contribution in [0.5, 0.6) is 5.75 Å². The maximum atomic E-state index is 13.4. The number of hydrogen-bond donors (Lipinski definition) is 0. The topological polar surface area (TPSA) is 61.2 Å². The minimum absolute atomic E-state index is 0.0623. The van der Waals surface area contributed by atoms with Gasteiger partial charge in [0.1, 0.15) is 11.6 Å². The molecule has 0 saturated heterocycles. The smallest absolute Gasteiger partial charge is 0.266 e. The number of thioether (sulfide) groups is 1. The van der Waals surface area contributed by atoms with Crippen molar-refractivity contribution in [2.24, 2.45) is 0 Å². The van der Waals surface area contributed by atoms with E-state index in [-0.39, 0.29) is 17.1 Å². The van der Waals surface area contributed by atoms with Gasteiger partial charge in [-0.15, -0.1) is 0 Å². The molecule has 0 fully saturated rings. The van der Waals surface area contributed by atoms with Gasteiger partial charge in [0.25, 0.3) is 5.56 Å². The Morgan fingerprint density at radius 1 is 1.10 bits per heavy atom. The van der Waals surface area contributed by atoms with Crippen molar-refractivity contribution < 1.29 is 13.9 Å². The summed E-state index contributed by atoms with van der Waals surface area (Å²) in [5.74, 6) is 0.486. The summed E-state index contributed by atoms with van der Waals surface area (Å²) in [5, 5.41) is 0.842. The van der Waals surface area contributed by atoms with Crippen LogP contribution in [0.25, 0.3) is 16.6 Å². The molecule has 0 unspecified atom stereocenters. The van der Waals surface area contributed by atoms with Gasteiger partial charge >= 0.3 is 0 Å². The second-order valence-electron chi connectivity index (χ2n) is 7.16. The summed E-state index contributed by atoms with van der Waals surface area (Å²) in [6.07, 6.45) is 0.792. The van der Waals surface area contributed by atoms with Crippen molar-refractivity contribution in [1.29, 1.82) is 0 Å². The molecule has 0 N–H and O–H groups in total. The molecule has 0 saturated carbocycles. The number of aromatic nitrogens is 2. The Hall–Kier alpha value is -3.45. The van der Waals surface area contributed by atoms with Crippen LogP contribution in [0.1, 0.15) is 15.9 Å². The molecular formula is C24H17FN2O3S. The second kappa shape index (κ2) is 8.00. The van der Waals surface area contributed by atoms with E-state index in [0.717, 1.165) is 17.7 Å². The minimum atomic E-state index is -0.393. The molecule has 0 aliphatic carbocycles. The zero-order chi connectivity index (χ0) is 21.4. The Balaban J connectivity index is 1.51. The highest BCUT2D eigenvalue weighted by Crippen LogP contribution is 2.27. The zero-order valence-electron chi connectivity index (χ0n) is 16.4. The average Bonchev–Trinajstić information content (AvgIpc) is 3.26. The predicted octanol–water partition coefficient (Wildman–Crippen LogP) is 4.43. The van der Waals surface area contributed by atoms with Gasteiger partial charge in [-0.05, 0) is 60.2 Å². The van der Waals surface area contributed by atoms with Crippen molar-refractivity contribution in [3.05, 3.63) is 94.0 Å². The van der Waals surface area contributed by atoms with Crippen molar-refractivity contribution in [3.8, 4) is 11.4 Å². The summed E-state index contributed by atoms with van der Waals surface area (Å²) in [5.41, 5.74) is 2.42. The van der Waals surface area contributed by atoms with E-state index in [2.05, 4.69) is 4.98 Å². The number of benzene rings is 3. The van der Waals surface area contributed by atoms with Crippen LogP contribution in [0.4, 0.5) is 4.39 Å². The average molecular weight is 432 g/mol. The maximum absolute atomic E-state index is 13.4. The number of rotatable bonds is 5. The predicted molar refractivity (Wildman–Crippen MR) is 118 cm³/mol. The van der Waals surface area contributed by atoms with Gasteiger partial charge in [-0.1, -0.05) is 23.9 Å². The number of ether oxygens (including phenoxy) is 1. The van der Waals surface area contributed by atoms with Gasteiger partial charge in [-0.2, -0.15) is 0 Å². The molecule has 31 heavy (non-hydrogen) atoms. The Labute approximate surface area is 181 Å². The van der Waals surface area contributed by atoms with Crippen molar-refractivity contribution in [1.82, 2.24) is 9.55 Å². The first kappa shape index (κ1) is 19.5. The number of hydrogen-bond acceptors (Lipinski definition) is 5. The molecule has 154 valence electrons. The van der Waals surface area contributed by atoms with Crippen molar-refractivity contribution in [2.45, 2.75) is 11.6 Å². The molecule has 4 aromatic rings. The Morgan fingerprint density at radius 3 is 2.74 bits per heavy atom. The molecule has 0 amide bonds. The lowest BCUT2D eigenvalue weighted by atomic mass is 10.1. The molecular weight excluding hydrogens is 415 g/mol. The number of ketones is 1. The highest BCUT2D eigenvalue weighted by atomic mass is 32.2. The number of Topliss-reactive ketones (excluding diaryl/α,β-unsaturated/α-hetero) is 1. The third-order valence-corrected chi connectivity index (χ3v) is 6.11. The number of carbonyl (C=O) groups is 1. The first-order chi connectivity index (χ1) is 15.1. The fourth-order valence-electron chi connectivity index (χ4n) is 3.60. The maximum Gasteiger partial charge on any atom is 0.266 e. The number of para-hydroxylation sites is 1. The molecule has 5 nitrogen and oxygen atoms in total. The minimum Gasteiger partial charge on any atom is -0.493 e. The van der Waals surface area contributed by atoms with Crippen LogP contribution in [0.2, 0.25) is 0 Å². The van der Waals surface area contributed by atoms with E-state index in [9.17, 15) is 14.0 Å². The third kappa shape index (κ3) is 3.72. The summed E-state index contributed by atoms with van der Waals surface area (Å²) in [6.45, 7) is 0.632. The molecule has 0 radical (unpaired) electrons. The van der Waals surface area contributed by atoms with Crippen LogP contribution >= 0.6 is 11.8 Å². The van der Waals surface area contributed by atoms with Gasteiger partial charge in [-0.3, -0.25) is 14.2 Å². The van der Waals surface area contributed by atoms with Crippen LogP contribution in [0.3, 0.4) is 0 Å². The SMILES string of the molecule is O=C(CSc1nc2ccccc2c(=O)n1-c1ccc(F)cc1)c1ccc2c(c1)CCO2. The summed E-state index contributed by atoms with van der Waals surface area (Å²) < 4.78 is 20.4. The third-order valence-electron chi connectivity index (χ3n) is 5.17. The summed E-state index contributed by atoms with van der Waals surface area (Å²) in [6, 6.07) is 18.1. The number of halogens is 1. The lowest BCUT2D eigenvalue weighted by Gasteiger charge is -2.13. The molecule has 1 aliphatic heterocycles. The van der Waals surface area contributed by atoms with E-state index >= 15 is 0 Å². The van der Waals surface area contributed by atoms with Gasteiger partial charge < -0.3 is 4.74 Å². The van der Waals surface area contributed by atoms with Crippen molar-refractivity contribution in [2.75, 3.05) is 12.4 Å². The molecule has 5 rings (SSSR count). The Morgan fingerprint density at radius 2 is 1.90 bits per heavy atom. The van der Waals surface area contributed by atoms with Crippen LogP contribution in [-0.2, 0) is 6.42 Å². The van der Waals surface area contributed by atoms with Gasteiger partial charge in [0.05, 0.1) is 29.0 Å². The van der Waals surface area contributed by atoms with Gasteiger partial charge in [0.15, 0.2) is 10.9 Å². The van der Waals surface area contributed by atoms with E-state index in [1.807, 2.05) is 18.2 Å². The van der Waals surface area contributed by atoms with Crippen LogP contribution in [0, 0.1) is 5.82 Å². The Kier molecular flexibility index (Phi) is 5.03. The van der Waals surface area contributed by atoms with Crippen molar-refractivity contribution >= 4 is 28.4 Å². The molecule has 7 heteroatoms. The van der Waals surface area contributed by atoms with E-state index in [0.29, 0.717) is 33.9 Å². The first-order valence-electron chi connectivity index (χ1n) is 9.79. The number of nitrogens with zero attached hydrogens (tertiary/aromatic N) is 2. The molecule has 3 aromatic carbocycles. The largest absolute Gasteiger partial charge is 0.493 e. The second-order valence-corrected chi connectivity index (χ2v) is 8.10. The van der Waals surface area contributed by atoms with E-state index in [1.54, 1.807) is 24.3 Å². The van der Waals surface area contributed by atoms with Crippen molar-refractivity contribution in [3.63, 3.8) is 0 Å². The summed E-state index contributed by atoms with van der Waals surface area (Å²) in [4.78, 5) is 30.6. The molecule has 2 heterocycles. The van der Waals surface area contributed by atoms with Gasteiger partial charge in [-0.25, -0.2) is 9.37 Å². The molecule has 0 bridgehead atoms. The fraction of sp³-hybridized carbons (Fsp3) is 0.125. The molecule has 1 aliphatic rings. The lowest BCUT2D eigenvalue weighted by molar-refractivity contribution is 0.102.